The topological polar surface area (TPSA) is 55.1 Å². The van der Waals surface area contributed by atoms with Crippen molar-refractivity contribution >= 4 is 17.7 Å². The predicted octanol–water partition coefficient (Wildman–Crippen LogP) is 2.50. The fraction of sp³-hybridized carbons (Fsp3) is 0.500. The highest BCUT2D eigenvalue weighted by Gasteiger charge is 2.33. The van der Waals surface area contributed by atoms with E-state index in [1.165, 1.54) is 4.90 Å². The summed E-state index contributed by atoms with van der Waals surface area (Å²) in [4.78, 5) is 13.0. The Bertz CT molecular complexity index is 405. The highest BCUT2D eigenvalue weighted by Crippen LogP contribution is 2.24. The quantitative estimate of drug-likeness (QED) is 0.778. The van der Waals surface area contributed by atoms with Crippen LogP contribution in [0.15, 0.2) is 29.2 Å². The van der Waals surface area contributed by atoms with Crippen molar-refractivity contribution < 1.29 is 4.79 Å². The summed E-state index contributed by atoms with van der Waals surface area (Å²) in [5.74, 6) is -0.347. The highest BCUT2D eigenvalue weighted by molar-refractivity contribution is 7.98. The lowest BCUT2D eigenvalue weighted by atomic mass is 9.90. The van der Waals surface area contributed by atoms with Gasteiger partial charge >= 0.3 is 0 Å². The predicted molar refractivity (Wildman–Crippen MR) is 77.7 cm³/mol. The largest absolute Gasteiger partial charge is 0.368 e. The molecule has 3 nitrogen and oxygen atoms in total. The molecule has 2 unspecified atom stereocenters. The van der Waals surface area contributed by atoms with Crippen LogP contribution in [0, 0.1) is 0 Å². The first-order valence-electron chi connectivity index (χ1n) is 6.16. The van der Waals surface area contributed by atoms with Crippen LogP contribution in [0.25, 0.3) is 0 Å². The molecule has 1 rings (SSSR count). The lowest BCUT2D eigenvalue weighted by molar-refractivity contribution is -0.124. The molecule has 0 heterocycles. The fourth-order valence-corrected chi connectivity index (χ4v) is 2.22. The molecule has 3 N–H and O–H groups in total. The monoisotopic (exact) mass is 266 g/mol. The minimum absolute atomic E-state index is 0.239. The van der Waals surface area contributed by atoms with Crippen LogP contribution < -0.4 is 11.1 Å². The molecule has 0 spiro atoms. The van der Waals surface area contributed by atoms with Crippen molar-refractivity contribution in [2.75, 3.05) is 6.26 Å². The second-order valence-electron chi connectivity index (χ2n) is 4.67. The Hall–Kier alpha value is -1.00. The summed E-state index contributed by atoms with van der Waals surface area (Å²) in [6, 6.07) is 8.19. The Morgan fingerprint density at radius 2 is 2.00 bits per heavy atom. The summed E-state index contributed by atoms with van der Waals surface area (Å²) in [7, 11) is 0. The first-order valence-corrected chi connectivity index (χ1v) is 7.38. The molecule has 18 heavy (non-hydrogen) atoms. The van der Waals surface area contributed by atoms with Gasteiger partial charge in [0.2, 0.25) is 5.91 Å². The van der Waals surface area contributed by atoms with E-state index in [1.807, 2.05) is 37.4 Å². The SMILES string of the molecule is CCC(C)NC(C)(C(N)=O)c1ccc(SC)cc1. The number of benzene rings is 1. The Morgan fingerprint density at radius 1 is 1.44 bits per heavy atom. The molecule has 1 aromatic carbocycles. The zero-order valence-corrected chi connectivity index (χ0v) is 12.3. The van der Waals surface area contributed by atoms with Crippen molar-refractivity contribution in [3.05, 3.63) is 29.8 Å². The molecular weight excluding hydrogens is 244 g/mol. The smallest absolute Gasteiger partial charge is 0.242 e. The van der Waals surface area contributed by atoms with Crippen LogP contribution in [0.5, 0.6) is 0 Å². The average molecular weight is 266 g/mol. The molecule has 0 saturated heterocycles. The van der Waals surface area contributed by atoms with E-state index in [1.54, 1.807) is 11.8 Å². The van der Waals surface area contributed by atoms with Crippen LogP contribution in [0.2, 0.25) is 0 Å². The van der Waals surface area contributed by atoms with Crippen LogP contribution in [0.3, 0.4) is 0 Å². The van der Waals surface area contributed by atoms with Crippen LogP contribution >= 0.6 is 11.8 Å². The molecule has 4 heteroatoms. The van der Waals surface area contributed by atoms with E-state index >= 15 is 0 Å². The second kappa shape index (κ2) is 6.25. The number of primary amides is 1. The number of nitrogens with two attached hydrogens (primary N) is 1. The molecular formula is C14H22N2OS. The van der Waals surface area contributed by atoms with Crippen molar-refractivity contribution in [3.63, 3.8) is 0 Å². The Labute approximate surface area is 114 Å². The van der Waals surface area contributed by atoms with E-state index in [4.69, 9.17) is 5.73 Å². The third-order valence-electron chi connectivity index (χ3n) is 3.31. The number of carbonyl (C=O) groups excluding carboxylic acids is 1. The van der Waals surface area contributed by atoms with Gasteiger partial charge in [-0.2, -0.15) is 0 Å². The summed E-state index contributed by atoms with van der Waals surface area (Å²) in [6.07, 6.45) is 2.98. The Balaban J connectivity index is 3.06. The number of hydrogen-bond donors (Lipinski definition) is 2. The van der Waals surface area contributed by atoms with Crippen molar-refractivity contribution in [1.29, 1.82) is 0 Å². The number of rotatable bonds is 6. The van der Waals surface area contributed by atoms with Gasteiger partial charge in [-0.1, -0.05) is 19.1 Å². The molecule has 0 bridgehead atoms. The fourth-order valence-electron chi connectivity index (χ4n) is 1.82. The number of thioether (sulfide) groups is 1. The van der Waals surface area contributed by atoms with Gasteiger partial charge in [0, 0.05) is 10.9 Å². The number of nitrogens with one attached hydrogen (secondary N) is 1. The van der Waals surface area contributed by atoms with Gasteiger partial charge in [-0.3, -0.25) is 10.1 Å². The summed E-state index contributed by atoms with van der Waals surface area (Å²) < 4.78 is 0. The van der Waals surface area contributed by atoms with E-state index in [-0.39, 0.29) is 11.9 Å². The standard InChI is InChI=1S/C14H22N2OS/c1-5-10(2)16-14(3,13(15)17)11-6-8-12(18-4)9-7-11/h6-10,16H,5H2,1-4H3,(H2,15,17). The number of hydrogen-bond acceptors (Lipinski definition) is 3. The zero-order chi connectivity index (χ0) is 13.8. The van der Waals surface area contributed by atoms with Crippen LogP contribution in [-0.4, -0.2) is 18.2 Å². The van der Waals surface area contributed by atoms with E-state index < -0.39 is 5.54 Å². The molecule has 2 atom stereocenters. The Kier molecular flexibility index (Phi) is 5.23. The van der Waals surface area contributed by atoms with E-state index in [9.17, 15) is 4.79 Å². The van der Waals surface area contributed by atoms with Crippen LogP contribution in [0.4, 0.5) is 0 Å². The molecule has 0 aliphatic carbocycles. The summed E-state index contributed by atoms with van der Waals surface area (Å²) in [5, 5.41) is 3.31. The summed E-state index contributed by atoms with van der Waals surface area (Å²) in [5.41, 5.74) is 5.67. The third-order valence-corrected chi connectivity index (χ3v) is 4.05. The van der Waals surface area contributed by atoms with Gasteiger partial charge in [-0.25, -0.2) is 0 Å². The highest BCUT2D eigenvalue weighted by atomic mass is 32.2. The van der Waals surface area contributed by atoms with E-state index in [2.05, 4.69) is 19.2 Å². The minimum atomic E-state index is -0.813. The normalized spacial score (nSPS) is 16.0. The van der Waals surface area contributed by atoms with Gasteiger partial charge in [0.25, 0.3) is 0 Å². The molecule has 1 amide bonds. The molecule has 0 radical (unpaired) electrons. The molecule has 100 valence electrons. The van der Waals surface area contributed by atoms with Crippen molar-refractivity contribution in [2.45, 2.75) is 43.7 Å². The molecule has 0 aliphatic rings. The molecule has 0 fully saturated rings. The van der Waals surface area contributed by atoms with Gasteiger partial charge < -0.3 is 5.73 Å². The lowest BCUT2D eigenvalue weighted by Crippen LogP contribution is -2.53. The van der Waals surface area contributed by atoms with Crippen molar-refractivity contribution in [1.82, 2.24) is 5.32 Å². The first kappa shape index (κ1) is 15.1. The molecule has 0 aliphatic heterocycles. The third kappa shape index (κ3) is 3.27. The van der Waals surface area contributed by atoms with Crippen molar-refractivity contribution in [2.24, 2.45) is 5.73 Å². The molecule has 0 aromatic heterocycles. The Morgan fingerprint density at radius 3 is 2.39 bits per heavy atom. The second-order valence-corrected chi connectivity index (χ2v) is 5.55. The summed E-state index contributed by atoms with van der Waals surface area (Å²) in [6.45, 7) is 5.98. The molecule has 0 saturated carbocycles. The minimum Gasteiger partial charge on any atom is -0.368 e. The van der Waals surface area contributed by atoms with Gasteiger partial charge in [0.15, 0.2) is 0 Å². The van der Waals surface area contributed by atoms with Crippen molar-refractivity contribution in [3.8, 4) is 0 Å². The average Bonchev–Trinajstić information content (AvgIpc) is 2.38. The van der Waals surface area contributed by atoms with Gasteiger partial charge in [0.05, 0.1) is 0 Å². The van der Waals surface area contributed by atoms with Crippen LogP contribution in [0.1, 0.15) is 32.8 Å². The maximum absolute atomic E-state index is 11.8. The van der Waals surface area contributed by atoms with Gasteiger partial charge in [-0.05, 0) is 44.2 Å². The summed E-state index contributed by atoms with van der Waals surface area (Å²) >= 11 is 1.68. The lowest BCUT2D eigenvalue weighted by Gasteiger charge is -2.31. The zero-order valence-electron chi connectivity index (χ0n) is 11.5. The van der Waals surface area contributed by atoms with Crippen LogP contribution in [-0.2, 0) is 10.3 Å². The first-order chi connectivity index (χ1) is 8.43. The maximum Gasteiger partial charge on any atom is 0.242 e. The van der Waals surface area contributed by atoms with E-state index in [0.717, 1.165) is 12.0 Å². The molecule has 1 aromatic rings. The number of carbonyl (C=O) groups is 1. The number of amides is 1. The van der Waals surface area contributed by atoms with E-state index in [0.29, 0.717) is 0 Å². The van der Waals surface area contributed by atoms with Gasteiger partial charge in [0.1, 0.15) is 5.54 Å². The maximum atomic E-state index is 11.8. The van der Waals surface area contributed by atoms with Gasteiger partial charge in [-0.15, -0.1) is 11.8 Å².